The van der Waals surface area contributed by atoms with E-state index in [1.165, 1.54) is 4.90 Å². The lowest BCUT2D eigenvalue weighted by Gasteiger charge is -2.31. The maximum atomic E-state index is 12.9. The van der Waals surface area contributed by atoms with Crippen molar-refractivity contribution in [3.8, 4) is 5.75 Å². The van der Waals surface area contributed by atoms with E-state index in [-0.39, 0.29) is 30.1 Å². The molecule has 7 nitrogen and oxygen atoms in total. The van der Waals surface area contributed by atoms with Crippen molar-refractivity contribution in [2.45, 2.75) is 32.2 Å². The van der Waals surface area contributed by atoms with E-state index in [2.05, 4.69) is 0 Å². The molecule has 2 heterocycles. The lowest BCUT2D eigenvalue weighted by atomic mass is 9.96. The van der Waals surface area contributed by atoms with E-state index in [9.17, 15) is 14.4 Å². The first kappa shape index (κ1) is 18.4. The van der Waals surface area contributed by atoms with Gasteiger partial charge in [-0.1, -0.05) is 0 Å². The number of ether oxygens (including phenoxy) is 2. The highest BCUT2D eigenvalue weighted by molar-refractivity contribution is 6.21. The molecule has 2 amide bonds. The number of piperidine rings is 1. The van der Waals surface area contributed by atoms with Crippen molar-refractivity contribution in [1.29, 1.82) is 0 Å². The molecule has 0 aromatic heterocycles. The fourth-order valence-electron chi connectivity index (χ4n) is 3.83. The molecule has 1 unspecified atom stereocenters. The molecule has 7 heteroatoms. The van der Waals surface area contributed by atoms with Crippen LogP contribution in [-0.4, -0.2) is 50.6 Å². The average Bonchev–Trinajstić information content (AvgIpc) is 2.96. The summed E-state index contributed by atoms with van der Waals surface area (Å²) in [6, 6.07) is 6.46. The number of carbonyl (C=O) groups excluding carboxylic acids is 3. The second-order valence-corrected chi connectivity index (χ2v) is 6.73. The van der Waals surface area contributed by atoms with Crippen LogP contribution >= 0.6 is 0 Å². The molecule has 2 aliphatic heterocycles. The molecular formula is C19H25N2O5+. The van der Waals surface area contributed by atoms with Gasteiger partial charge in [0.1, 0.15) is 11.7 Å². The minimum absolute atomic E-state index is 0.176. The normalized spacial score (nSPS) is 26.1. The first-order chi connectivity index (χ1) is 12.5. The van der Waals surface area contributed by atoms with E-state index in [1.807, 2.05) is 0 Å². The lowest BCUT2D eigenvalue weighted by molar-refractivity contribution is -0.922. The SMILES string of the molecule is CCOC(=O)[C@@H]1CCC[NH+]([C@@H]2CC(=O)N(c3ccc(OC)cc3)C2=O)C1. The fraction of sp³-hybridized carbons (Fsp3) is 0.526. The molecule has 0 aliphatic carbocycles. The van der Waals surface area contributed by atoms with Gasteiger partial charge in [-0.15, -0.1) is 0 Å². The molecule has 1 aromatic carbocycles. The Hall–Kier alpha value is -2.41. The molecule has 140 valence electrons. The van der Waals surface area contributed by atoms with Gasteiger partial charge in [-0.2, -0.15) is 0 Å². The van der Waals surface area contributed by atoms with Gasteiger partial charge in [-0.3, -0.25) is 14.4 Å². The lowest BCUT2D eigenvalue weighted by Crippen LogP contribution is -3.18. The Balaban J connectivity index is 1.72. The minimum atomic E-state index is -0.429. The van der Waals surface area contributed by atoms with Crippen LogP contribution in [0.1, 0.15) is 26.2 Å². The van der Waals surface area contributed by atoms with E-state index in [0.717, 1.165) is 24.3 Å². The summed E-state index contributed by atoms with van der Waals surface area (Å²) in [6.07, 6.45) is 1.80. The Morgan fingerprint density at radius 3 is 2.65 bits per heavy atom. The van der Waals surface area contributed by atoms with Crippen molar-refractivity contribution in [2.24, 2.45) is 5.92 Å². The second kappa shape index (κ2) is 7.86. The number of likely N-dealkylation sites (tertiary alicyclic amines) is 1. The van der Waals surface area contributed by atoms with Crippen LogP contribution in [0.5, 0.6) is 5.75 Å². The van der Waals surface area contributed by atoms with E-state index in [1.54, 1.807) is 38.3 Å². The third-order valence-corrected chi connectivity index (χ3v) is 5.15. The third-order valence-electron chi connectivity index (χ3n) is 5.15. The predicted molar refractivity (Wildman–Crippen MR) is 93.9 cm³/mol. The third kappa shape index (κ3) is 3.58. The summed E-state index contributed by atoms with van der Waals surface area (Å²) in [7, 11) is 1.57. The predicted octanol–water partition coefficient (Wildman–Crippen LogP) is 0.185. The number of nitrogens with zero attached hydrogens (tertiary/aromatic N) is 1. The fourth-order valence-corrected chi connectivity index (χ4v) is 3.83. The number of hydrogen-bond acceptors (Lipinski definition) is 5. The Labute approximate surface area is 152 Å². The first-order valence-electron chi connectivity index (χ1n) is 9.07. The number of amides is 2. The zero-order chi connectivity index (χ0) is 18.7. The van der Waals surface area contributed by atoms with E-state index in [4.69, 9.17) is 9.47 Å². The Morgan fingerprint density at radius 1 is 1.27 bits per heavy atom. The summed E-state index contributed by atoms with van der Waals surface area (Å²) < 4.78 is 10.2. The van der Waals surface area contributed by atoms with Crippen LogP contribution in [0.4, 0.5) is 5.69 Å². The van der Waals surface area contributed by atoms with Gasteiger partial charge in [0.25, 0.3) is 5.91 Å². The monoisotopic (exact) mass is 361 g/mol. The summed E-state index contributed by atoms with van der Waals surface area (Å²) in [6.45, 7) is 3.48. The number of carbonyl (C=O) groups is 3. The van der Waals surface area contributed by atoms with Crippen molar-refractivity contribution >= 4 is 23.5 Å². The zero-order valence-corrected chi connectivity index (χ0v) is 15.2. The molecule has 2 fully saturated rings. The van der Waals surface area contributed by atoms with E-state index < -0.39 is 6.04 Å². The molecule has 1 N–H and O–H groups in total. The molecule has 0 spiro atoms. The first-order valence-corrected chi connectivity index (χ1v) is 9.07. The van der Waals surface area contributed by atoms with Crippen LogP contribution < -0.4 is 14.5 Å². The van der Waals surface area contributed by atoms with Gasteiger partial charge in [0.15, 0.2) is 6.04 Å². The number of anilines is 1. The maximum absolute atomic E-state index is 12.9. The Kier molecular flexibility index (Phi) is 5.56. The Bertz CT molecular complexity index is 688. The zero-order valence-electron chi connectivity index (χ0n) is 15.2. The molecule has 0 saturated carbocycles. The van der Waals surface area contributed by atoms with Crippen molar-refractivity contribution < 1.29 is 28.8 Å². The molecule has 1 aromatic rings. The Morgan fingerprint density at radius 2 is 2.00 bits per heavy atom. The molecule has 3 rings (SSSR count). The summed E-state index contributed by atoms with van der Waals surface area (Å²) in [5.74, 6) is -0.121. The van der Waals surface area contributed by atoms with Gasteiger partial charge in [0.05, 0.1) is 38.9 Å². The van der Waals surface area contributed by atoms with Crippen LogP contribution in [0.3, 0.4) is 0 Å². The highest BCUT2D eigenvalue weighted by atomic mass is 16.5. The molecule has 0 bridgehead atoms. The van der Waals surface area contributed by atoms with Crippen LogP contribution in [-0.2, 0) is 19.1 Å². The average molecular weight is 361 g/mol. The number of hydrogen-bond donors (Lipinski definition) is 1. The molecule has 26 heavy (non-hydrogen) atoms. The number of benzene rings is 1. The second-order valence-electron chi connectivity index (χ2n) is 6.73. The highest BCUT2D eigenvalue weighted by Crippen LogP contribution is 2.25. The smallest absolute Gasteiger partial charge is 0.314 e. The molecule has 2 saturated heterocycles. The van der Waals surface area contributed by atoms with Crippen molar-refractivity contribution in [3.63, 3.8) is 0 Å². The van der Waals surface area contributed by atoms with Gasteiger partial charge in [0, 0.05) is 0 Å². The van der Waals surface area contributed by atoms with Crippen LogP contribution in [0.2, 0.25) is 0 Å². The highest BCUT2D eigenvalue weighted by Gasteiger charge is 2.47. The maximum Gasteiger partial charge on any atom is 0.314 e. The number of rotatable bonds is 5. The van der Waals surface area contributed by atoms with Crippen molar-refractivity contribution in [2.75, 3.05) is 31.7 Å². The summed E-state index contributed by atoms with van der Waals surface area (Å²) in [5.41, 5.74) is 0.557. The standard InChI is InChI=1S/C19H24N2O5/c1-3-26-19(24)13-5-4-10-20(12-13)16-11-17(22)21(18(16)23)14-6-8-15(25-2)9-7-14/h6-9,13,16H,3-5,10-12H2,1-2H3/p+1/t13-,16-/m1/s1. The molecule has 0 radical (unpaired) electrons. The van der Waals surface area contributed by atoms with Crippen LogP contribution in [0, 0.1) is 5.92 Å². The number of nitrogens with one attached hydrogen (secondary N) is 1. The quantitative estimate of drug-likeness (QED) is 0.598. The molecular weight excluding hydrogens is 336 g/mol. The van der Waals surface area contributed by atoms with Crippen molar-refractivity contribution in [3.05, 3.63) is 24.3 Å². The van der Waals surface area contributed by atoms with Gasteiger partial charge in [0.2, 0.25) is 5.91 Å². The largest absolute Gasteiger partial charge is 0.497 e. The van der Waals surface area contributed by atoms with Gasteiger partial charge < -0.3 is 14.4 Å². The summed E-state index contributed by atoms with van der Waals surface area (Å²) >= 11 is 0. The van der Waals surface area contributed by atoms with Gasteiger partial charge in [-0.25, -0.2) is 4.90 Å². The van der Waals surface area contributed by atoms with Crippen LogP contribution in [0.25, 0.3) is 0 Å². The summed E-state index contributed by atoms with van der Waals surface area (Å²) in [5, 5.41) is 0. The van der Waals surface area contributed by atoms with E-state index >= 15 is 0 Å². The number of imide groups is 1. The van der Waals surface area contributed by atoms with Gasteiger partial charge in [-0.05, 0) is 44.0 Å². The molecule has 3 atom stereocenters. The number of methoxy groups -OCH3 is 1. The number of esters is 1. The summed E-state index contributed by atoms with van der Waals surface area (Å²) in [4.78, 5) is 39.7. The topological polar surface area (TPSA) is 77.3 Å². The van der Waals surface area contributed by atoms with Crippen molar-refractivity contribution in [1.82, 2.24) is 0 Å². The minimum Gasteiger partial charge on any atom is -0.497 e. The van der Waals surface area contributed by atoms with E-state index in [0.29, 0.717) is 24.6 Å². The molecule has 2 aliphatic rings. The number of quaternary nitrogens is 1. The van der Waals surface area contributed by atoms with Crippen LogP contribution in [0.15, 0.2) is 24.3 Å². The van der Waals surface area contributed by atoms with Gasteiger partial charge >= 0.3 is 5.97 Å².